The molecule has 2 N–H and O–H groups in total. The molecule has 1 aliphatic rings. The zero-order valence-corrected chi connectivity index (χ0v) is 15.4. The number of hydrogen-bond donors (Lipinski definition) is 2. The van der Waals surface area contributed by atoms with Gasteiger partial charge in [0.05, 0.1) is 0 Å². The fourth-order valence-corrected chi connectivity index (χ4v) is 3.03. The van der Waals surface area contributed by atoms with Crippen molar-refractivity contribution in [2.24, 2.45) is 17.8 Å². The smallest absolute Gasteiger partial charge is 0.407 e. The molecule has 1 unspecified atom stereocenters. The zero-order chi connectivity index (χ0) is 16.8. The van der Waals surface area contributed by atoms with Crippen LogP contribution in [0.1, 0.15) is 67.2 Å². The highest BCUT2D eigenvalue weighted by Gasteiger charge is 2.23. The number of rotatable bonds is 7. The van der Waals surface area contributed by atoms with Crippen molar-refractivity contribution < 1.29 is 9.53 Å². The summed E-state index contributed by atoms with van der Waals surface area (Å²) >= 11 is 0. The molecule has 4 nitrogen and oxygen atoms in total. The van der Waals surface area contributed by atoms with Crippen LogP contribution in [-0.2, 0) is 4.74 Å². The Morgan fingerprint density at radius 3 is 2.23 bits per heavy atom. The molecule has 0 heterocycles. The van der Waals surface area contributed by atoms with Crippen molar-refractivity contribution in [2.45, 2.75) is 78.9 Å². The van der Waals surface area contributed by atoms with Crippen LogP contribution in [0.5, 0.6) is 0 Å². The van der Waals surface area contributed by atoms with Crippen LogP contribution >= 0.6 is 0 Å². The van der Waals surface area contributed by atoms with E-state index in [9.17, 15) is 4.79 Å². The van der Waals surface area contributed by atoms with E-state index < -0.39 is 5.60 Å². The van der Waals surface area contributed by atoms with E-state index in [4.69, 9.17) is 4.74 Å². The van der Waals surface area contributed by atoms with E-state index in [1.807, 2.05) is 20.8 Å². The van der Waals surface area contributed by atoms with E-state index >= 15 is 0 Å². The fraction of sp³-hybridized carbons (Fsp3) is 0.944. The van der Waals surface area contributed by atoms with E-state index in [1.165, 1.54) is 25.7 Å². The molecule has 0 aliphatic heterocycles. The van der Waals surface area contributed by atoms with Crippen molar-refractivity contribution in [1.82, 2.24) is 10.6 Å². The minimum atomic E-state index is -0.438. The zero-order valence-electron chi connectivity index (χ0n) is 15.4. The maximum atomic E-state index is 11.8. The Kier molecular flexibility index (Phi) is 7.67. The number of nitrogens with one attached hydrogen (secondary N) is 2. The molecule has 1 rings (SSSR count). The second kappa shape index (κ2) is 8.76. The number of carbonyl (C=O) groups excluding carboxylic acids is 1. The number of alkyl carbamates (subject to hydrolysis) is 1. The first-order chi connectivity index (χ1) is 10.2. The molecule has 0 spiro atoms. The Morgan fingerprint density at radius 1 is 1.14 bits per heavy atom. The van der Waals surface area contributed by atoms with Gasteiger partial charge in [-0.25, -0.2) is 4.79 Å². The Balaban J connectivity index is 2.33. The predicted molar refractivity (Wildman–Crippen MR) is 92.0 cm³/mol. The normalized spacial score (nSPS) is 19.2. The molecule has 2 atom stereocenters. The van der Waals surface area contributed by atoms with E-state index in [0.29, 0.717) is 24.4 Å². The van der Waals surface area contributed by atoms with Crippen molar-refractivity contribution in [3.8, 4) is 0 Å². The quantitative estimate of drug-likeness (QED) is 0.748. The average Bonchev–Trinajstić information content (AvgIpc) is 2.89. The first-order valence-electron chi connectivity index (χ1n) is 8.89. The molecule has 0 radical (unpaired) electrons. The summed E-state index contributed by atoms with van der Waals surface area (Å²) in [6.45, 7) is 14.0. The molecule has 1 aliphatic carbocycles. The van der Waals surface area contributed by atoms with Crippen LogP contribution in [-0.4, -0.2) is 30.8 Å². The van der Waals surface area contributed by atoms with Crippen molar-refractivity contribution >= 4 is 6.09 Å². The summed E-state index contributed by atoms with van der Waals surface area (Å²) < 4.78 is 5.30. The van der Waals surface area contributed by atoms with Crippen LogP contribution in [0.4, 0.5) is 4.79 Å². The lowest BCUT2D eigenvalue weighted by Gasteiger charge is -2.27. The summed E-state index contributed by atoms with van der Waals surface area (Å²) in [6.07, 6.45) is 5.16. The highest BCUT2D eigenvalue weighted by atomic mass is 16.6. The van der Waals surface area contributed by atoms with Crippen LogP contribution in [0.15, 0.2) is 0 Å². The van der Waals surface area contributed by atoms with Gasteiger partial charge in [-0.1, -0.05) is 26.7 Å². The largest absolute Gasteiger partial charge is 0.444 e. The van der Waals surface area contributed by atoms with Gasteiger partial charge >= 0.3 is 6.09 Å². The van der Waals surface area contributed by atoms with Crippen LogP contribution in [0.2, 0.25) is 0 Å². The summed E-state index contributed by atoms with van der Waals surface area (Å²) in [4.78, 5) is 11.8. The second-order valence-corrected chi connectivity index (χ2v) is 8.13. The molecule has 0 bridgehead atoms. The highest BCUT2D eigenvalue weighted by molar-refractivity contribution is 5.67. The van der Waals surface area contributed by atoms with Gasteiger partial charge in [-0.15, -0.1) is 0 Å². The molecule has 0 aromatic heterocycles. The Labute approximate surface area is 136 Å². The maximum Gasteiger partial charge on any atom is 0.407 e. The molecule has 1 saturated carbocycles. The van der Waals surface area contributed by atoms with Gasteiger partial charge in [0.1, 0.15) is 5.60 Å². The summed E-state index contributed by atoms with van der Waals surface area (Å²) in [7, 11) is 0. The topological polar surface area (TPSA) is 50.4 Å². The van der Waals surface area contributed by atoms with Crippen LogP contribution in [0, 0.1) is 17.8 Å². The van der Waals surface area contributed by atoms with Crippen molar-refractivity contribution in [1.29, 1.82) is 0 Å². The average molecular weight is 312 g/mol. The number of hydrogen-bond acceptors (Lipinski definition) is 3. The van der Waals surface area contributed by atoms with Crippen molar-refractivity contribution in [3.63, 3.8) is 0 Å². The third-order valence-corrected chi connectivity index (χ3v) is 4.66. The number of ether oxygens (including phenoxy) is 1. The van der Waals surface area contributed by atoms with Crippen molar-refractivity contribution in [2.75, 3.05) is 13.1 Å². The lowest BCUT2D eigenvalue weighted by atomic mass is 9.94. The molecular weight excluding hydrogens is 276 g/mol. The molecular formula is C18H36N2O2. The first kappa shape index (κ1) is 19.3. The Bertz CT molecular complexity index is 330. The van der Waals surface area contributed by atoms with Crippen molar-refractivity contribution in [3.05, 3.63) is 0 Å². The van der Waals surface area contributed by atoms with E-state index in [2.05, 4.69) is 31.4 Å². The first-order valence-corrected chi connectivity index (χ1v) is 8.89. The summed E-state index contributed by atoms with van der Waals surface area (Å²) in [6, 6.07) is 0.574. The SMILES string of the molecule is CC(C)C(CNC(=O)OC(C)(C)C)CN[C@H](C)C1CCCC1. The molecule has 4 heteroatoms. The third kappa shape index (κ3) is 7.48. The minimum Gasteiger partial charge on any atom is -0.444 e. The third-order valence-electron chi connectivity index (χ3n) is 4.66. The van der Waals surface area contributed by atoms with Crippen LogP contribution in [0.25, 0.3) is 0 Å². The summed E-state index contributed by atoms with van der Waals surface area (Å²) in [5, 5.41) is 6.60. The predicted octanol–water partition coefficient (Wildman–Crippen LogP) is 3.95. The Hall–Kier alpha value is -0.770. The summed E-state index contributed by atoms with van der Waals surface area (Å²) in [5.74, 6) is 1.78. The van der Waals surface area contributed by atoms with Gasteiger partial charge in [-0.2, -0.15) is 0 Å². The lowest BCUT2D eigenvalue weighted by molar-refractivity contribution is 0.0514. The van der Waals surface area contributed by atoms with Gasteiger partial charge in [-0.3, -0.25) is 0 Å². The fourth-order valence-electron chi connectivity index (χ4n) is 3.03. The minimum absolute atomic E-state index is 0.318. The molecule has 0 aromatic carbocycles. The van der Waals surface area contributed by atoms with Gasteiger partial charge in [0.15, 0.2) is 0 Å². The lowest BCUT2D eigenvalue weighted by Crippen LogP contribution is -2.42. The van der Waals surface area contributed by atoms with Crippen LogP contribution in [0.3, 0.4) is 0 Å². The van der Waals surface area contributed by atoms with Gasteiger partial charge < -0.3 is 15.4 Å². The maximum absolute atomic E-state index is 11.8. The van der Waals surface area contributed by atoms with Gasteiger partial charge in [-0.05, 0) is 58.3 Å². The second-order valence-electron chi connectivity index (χ2n) is 8.13. The van der Waals surface area contributed by atoms with Gasteiger partial charge in [0.25, 0.3) is 0 Å². The monoisotopic (exact) mass is 312 g/mol. The van der Waals surface area contributed by atoms with Crippen LogP contribution < -0.4 is 10.6 Å². The molecule has 0 saturated heterocycles. The number of carbonyl (C=O) groups is 1. The van der Waals surface area contributed by atoms with Gasteiger partial charge in [0.2, 0.25) is 0 Å². The molecule has 1 fully saturated rings. The van der Waals surface area contributed by atoms with Gasteiger partial charge in [0, 0.05) is 19.1 Å². The van der Waals surface area contributed by atoms with E-state index in [1.54, 1.807) is 0 Å². The molecule has 1 amide bonds. The standard InChI is InChI=1S/C18H36N2O2/c1-13(2)16(12-20-17(21)22-18(4,5)6)11-19-14(3)15-9-7-8-10-15/h13-16,19H,7-12H2,1-6H3,(H,20,21)/t14-,16?/m1/s1. The highest BCUT2D eigenvalue weighted by Crippen LogP contribution is 2.27. The molecule has 0 aromatic rings. The molecule has 130 valence electrons. The Morgan fingerprint density at radius 2 is 1.73 bits per heavy atom. The summed E-state index contributed by atoms with van der Waals surface area (Å²) in [5.41, 5.74) is -0.438. The molecule has 22 heavy (non-hydrogen) atoms. The van der Waals surface area contributed by atoms with E-state index in [0.717, 1.165) is 12.5 Å². The van der Waals surface area contributed by atoms with E-state index in [-0.39, 0.29) is 6.09 Å². The number of amides is 1.